The molecule has 0 saturated carbocycles. The fourth-order valence-corrected chi connectivity index (χ4v) is 1.69. The first-order valence-electron chi connectivity index (χ1n) is 4.37. The third kappa shape index (κ3) is 1.56. The van der Waals surface area contributed by atoms with E-state index in [1.54, 1.807) is 6.07 Å². The van der Waals surface area contributed by atoms with Crippen molar-refractivity contribution in [2.45, 2.75) is 19.0 Å². The monoisotopic (exact) mass is 183 g/mol. The second kappa shape index (κ2) is 3.42. The van der Waals surface area contributed by atoms with Crippen LogP contribution in [-0.2, 0) is 13.0 Å². The van der Waals surface area contributed by atoms with E-state index in [0.29, 0.717) is 18.5 Å². The lowest BCUT2D eigenvalue weighted by molar-refractivity contribution is 0.355. The minimum absolute atomic E-state index is 0.144. The molecular formula is C10H11F2N. The molecule has 0 aliphatic carbocycles. The van der Waals surface area contributed by atoms with Gasteiger partial charge in [0.05, 0.1) is 0 Å². The Morgan fingerprint density at radius 2 is 2.31 bits per heavy atom. The van der Waals surface area contributed by atoms with Crippen LogP contribution in [0.25, 0.3) is 0 Å². The van der Waals surface area contributed by atoms with Gasteiger partial charge in [-0.05, 0) is 18.1 Å². The lowest BCUT2D eigenvalue weighted by Crippen LogP contribution is -2.37. The molecule has 13 heavy (non-hydrogen) atoms. The van der Waals surface area contributed by atoms with Crippen LogP contribution in [0.2, 0.25) is 0 Å². The van der Waals surface area contributed by atoms with Gasteiger partial charge in [-0.25, -0.2) is 8.78 Å². The van der Waals surface area contributed by atoms with E-state index in [2.05, 4.69) is 5.32 Å². The SMILES string of the molecule is FCC1Cc2cccc(F)c2CN1. The summed E-state index contributed by atoms with van der Waals surface area (Å²) in [7, 11) is 0. The average Bonchev–Trinajstić information content (AvgIpc) is 2.18. The second-order valence-corrected chi connectivity index (χ2v) is 3.31. The fraction of sp³-hybridized carbons (Fsp3) is 0.400. The Hall–Kier alpha value is -0.960. The molecule has 2 rings (SSSR count). The van der Waals surface area contributed by atoms with Crippen LogP contribution in [0.1, 0.15) is 11.1 Å². The van der Waals surface area contributed by atoms with E-state index >= 15 is 0 Å². The van der Waals surface area contributed by atoms with Crippen LogP contribution < -0.4 is 5.32 Å². The van der Waals surface area contributed by atoms with Crippen molar-refractivity contribution >= 4 is 0 Å². The summed E-state index contributed by atoms with van der Waals surface area (Å²) in [6.45, 7) is 0.0482. The maximum Gasteiger partial charge on any atom is 0.127 e. The van der Waals surface area contributed by atoms with E-state index in [9.17, 15) is 8.78 Å². The lowest BCUT2D eigenvalue weighted by atomic mass is 9.96. The van der Waals surface area contributed by atoms with E-state index < -0.39 is 6.67 Å². The highest BCUT2D eigenvalue weighted by molar-refractivity contribution is 5.31. The van der Waals surface area contributed by atoms with Gasteiger partial charge in [0.1, 0.15) is 12.5 Å². The van der Waals surface area contributed by atoms with Gasteiger partial charge in [0.25, 0.3) is 0 Å². The molecule has 1 aromatic rings. The van der Waals surface area contributed by atoms with Crippen molar-refractivity contribution in [2.75, 3.05) is 6.67 Å². The topological polar surface area (TPSA) is 12.0 Å². The Kier molecular flexibility index (Phi) is 2.27. The largest absolute Gasteiger partial charge is 0.307 e. The Morgan fingerprint density at radius 3 is 3.08 bits per heavy atom. The van der Waals surface area contributed by atoms with Gasteiger partial charge in [-0.3, -0.25) is 0 Å². The predicted octanol–water partition coefficient (Wildman–Crippen LogP) is 1.81. The molecule has 1 heterocycles. The average molecular weight is 183 g/mol. The Labute approximate surface area is 75.8 Å². The van der Waals surface area contributed by atoms with Crippen molar-refractivity contribution in [2.24, 2.45) is 0 Å². The normalized spacial score (nSPS) is 21.2. The number of benzene rings is 1. The van der Waals surface area contributed by atoms with Crippen molar-refractivity contribution in [1.29, 1.82) is 0 Å². The van der Waals surface area contributed by atoms with E-state index in [-0.39, 0.29) is 11.9 Å². The third-order valence-corrected chi connectivity index (χ3v) is 2.44. The van der Waals surface area contributed by atoms with Gasteiger partial charge in [-0.2, -0.15) is 0 Å². The zero-order chi connectivity index (χ0) is 9.26. The Balaban J connectivity index is 2.31. The van der Waals surface area contributed by atoms with Gasteiger partial charge in [-0.1, -0.05) is 12.1 Å². The molecule has 1 aliphatic heterocycles. The van der Waals surface area contributed by atoms with Gasteiger partial charge in [0.15, 0.2) is 0 Å². The van der Waals surface area contributed by atoms with Crippen molar-refractivity contribution < 1.29 is 8.78 Å². The molecule has 0 bridgehead atoms. The third-order valence-electron chi connectivity index (χ3n) is 2.44. The van der Waals surface area contributed by atoms with Gasteiger partial charge in [0, 0.05) is 18.2 Å². The summed E-state index contributed by atoms with van der Waals surface area (Å²) < 4.78 is 25.5. The van der Waals surface area contributed by atoms with E-state index in [1.807, 2.05) is 6.07 Å². The van der Waals surface area contributed by atoms with Crippen LogP contribution in [0.4, 0.5) is 8.78 Å². The summed E-state index contributed by atoms with van der Waals surface area (Å²) in [5, 5.41) is 2.95. The molecule has 0 aromatic heterocycles. The number of hydrogen-bond donors (Lipinski definition) is 1. The number of alkyl halides is 1. The molecule has 0 spiro atoms. The smallest absolute Gasteiger partial charge is 0.127 e. The summed E-state index contributed by atoms with van der Waals surface area (Å²) in [5.74, 6) is -0.192. The number of hydrogen-bond acceptors (Lipinski definition) is 1. The Bertz CT molecular complexity index is 312. The molecule has 0 radical (unpaired) electrons. The van der Waals surface area contributed by atoms with E-state index in [1.165, 1.54) is 6.07 Å². The van der Waals surface area contributed by atoms with Gasteiger partial charge in [0.2, 0.25) is 0 Å². The molecule has 0 amide bonds. The molecule has 1 unspecified atom stereocenters. The maximum atomic E-state index is 13.2. The molecular weight excluding hydrogens is 172 g/mol. The Morgan fingerprint density at radius 1 is 1.46 bits per heavy atom. The molecule has 1 nitrogen and oxygen atoms in total. The van der Waals surface area contributed by atoms with Gasteiger partial charge in [-0.15, -0.1) is 0 Å². The number of rotatable bonds is 1. The molecule has 1 atom stereocenters. The van der Waals surface area contributed by atoms with Crippen molar-refractivity contribution in [3.63, 3.8) is 0 Å². The van der Waals surface area contributed by atoms with Gasteiger partial charge < -0.3 is 5.32 Å². The lowest BCUT2D eigenvalue weighted by Gasteiger charge is -2.24. The van der Waals surface area contributed by atoms with Crippen LogP contribution >= 0.6 is 0 Å². The van der Waals surface area contributed by atoms with Crippen LogP contribution in [0, 0.1) is 5.82 Å². The van der Waals surface area contributed by atoms with Crippen molar-refractivity contribution in [3.05, 3.63) is 35.1 Å². The summed E-state index contributed by atoms with van der Waals surface area (Å²) in [5.41, 5.74) is 1.62. The zero-order valence-electron chi connectivity index (χ0n) is 7.19. The first kappa shape index (κ1) is 8.63. The van der Waals surface area contributed by atoms with Crippen molar-refractivity contribution in [1.82, 2.24) is 5.32 Å². The molecule has 3 heteroatoms. The predicted molar refractivity (Wildman–Crippen MR) is 46.7 cm³/mol. The van der Waals surface area contributed by atoms with Gasteiger partial charge >= 0.3 is 0 Å². The highest BCUT2D eigenvalue weighted by atomic mass is 19.1. The summed E-state index contributed by atoms with van der Waals surface area (Å²) in [6.07, 6.45) is 0.587. The van der Waals surface area contributed by atoms with Crippen LogP contribution in [0.5, 0.6) is 0 Å². The van der Waals surface area contributed by atoms with Crippen LogP contribution in [-0.4, -0.2) is 12.7 Å². The number of halogens is 2. The van der Waals surface area contributed by atoms with Crippen molar-refractivity contribution in [3.8, 4) is 0 Å². The minimum Gasteiger partial charge on any atom is -0.307 e. The highest BCUT2D eigenvalue weighted by Crippen LogP contribution is 2.19. The minimum atomic E-state index is -0.393. The van der Waals surface area contributed by atoms with Crippen LogP contribution in [0.3, 0.4) is 0 Å². The number of nitrogens with one attached hydrogen (secondary N) is 1. The molecule has 0 fully saturated rings. The number of fused-ring (bicyclic) bond motifs is 1. The highest BCUT2D eigenvalue weighted by Gasteiger charge is 2.19. The second-order valence-electron chi connectivity index (χ2n) is 3.31. The maximum absolute atomic E-state index is 13.2. The first-order chi connectivity index (χ1) is 6.31. The van der Waals surface area contributed by atoms with E-state index in [0.717, 1.165) is 5.56 Å². The summed E-state index contributed by atoms with van der Waals surface area (Å²) in [6, 6.07) is 4.83. The molecule has 0 saturated heterocycles. The van der Waals surface area contributed by atoms with Crippen LogP contribution in [0.15, 0.2) is 18.2 Å². The molecule has 1 aliphatic rings. The quantitative estimate of drug-likeness (QED) is 0.700. The first-order valence-corrected chi connectivity index (χ1v) is 4.37. The molecule has 1 aromatic carbocycles. The summed E-state index contributed by atoms with van der Waals surface area (Å²) >= 11 is 0. The fourth-order valence-electron chi connectivity index (χ4n) is 1.69. The van der Waals surface area contributed by atoms with E-state index in [4.69, 9.17) is 0 Å². The zero-order valence-corrected chi connectivity index (χ0v) is 7.19. The molecule has 1 N–H and O–H groups in total. The summed E-state index contributed by atoms with van der Waals surface area (Å²) in [4.78, 5) is 0. The standard InChI is InChI=1S/C10H11F2N/c11-5-8-4-7-2-1-3-10(12)9(7)6-13-8/h1-3,8,13H,4-6H2. The molecule has 70 valence electrons.